The first-order valence-electron chi connectivity index (χ1n) is 8.44. The number of aliphatic imine (C=N–C) groups is 1. The number of nitrogens with zero attached hydrogens (tertiary/aromatic N) is 1. The van der Waals surface area contributed by atoms with Gasteiger partial charge in [0.15, 0.2) is 5.70 Å². The summed E-state index contributed by atoms with van der Waals surface area (Å²) in [5.74, 6) is -1.02. The van der Waals surface area contributed by atoms with E-state index < -0.39 is 11.9 Å². The number of cyclic esters (lactones) is 1. The molecule has 0 aliphatic carbocycles. The number of ether oxygens (including phenoxy) is 2. The number of hydrogen-bond donors (Lipinski definition) is 0. The van der Waals surface area contributed by atoms with Crippen LogP contribution in [0.2, 0.25) is 10.0 Å². The number of carbonyl (C=O) groups excluding carboxylic acids is 2. The SMILES string of the molecule is O=C1OC(c2ccc(Cl)cc2Cl)=N/C1=C/c1cc(Br)ccc1OC(=O)c1ccco1. The van der Waals surface area contributed by atoms with Crippen LogP contribution in [0, 0.1) is 0 Å². The molecule has 9 heteroatoms. The Morgan fingerprint density at radius 1 is 1.13 bits per heavy atom. The van der Waals surface area contributed by atoms with Gasteiger partial charge in [-0.15, -0.1) is 0 Å². The highest BCUT2D eigenvalue weighted by Crippen LogP contribution is 2.30. The first kappa shape index (κ1) is 20.4. The molecule has 30 heavy (non-hydrogen) atoms. The Bertz CT molecular complexity index is 1220. The molecule has 0 radical (unpaired) electrons. The molecule has 0 spiro atoms. The number of esters is 2. The van der Waals surface area contributed by atoms with Crippen molar-refractivity contribution in [3.8, 4) is 5.75 Å². The third-order valence-electron chi connectivity index (χ3n) is 3.97. The Balaban J connectivity index is 1.68. The second-order valence-corrected chi connectivity index (χ2v) is 7.77. The van der Waals surface area contributed by atoms with Crippen molar-refractivity contribution in [1.82, 2.24) is 0 Å². The number of rotatable bonds is 4. The van der Waals surface area contributed by atoms with Crippen LogP contribution in [0.15, 0.2) is 74.4 Å². The van der Waals surface area contributed by atoms with Gasteiger partial charge >= 0.3 is 11.9 Å². The van der Waals surface area contributed by atoms with Gasteiger partial charge in [0.25, 0.3) is 0 Å². The van der Waals surface area contributed by atoms with Crippen molar-refractivity contribution in [2.75, 3.05) is 0 Å². The predicted molar refractivity (Wildman–Crippen MR) is 115 cm³/mol. The van der Waals surface area contributed by atoms with Crippen LogP contribution in [0.3, 0.4) is 0 Å². The van der Waals surface area contributed by atoms with Crippen LogP contribution >= 0.6 is 39.1 Å². The normalized spacial score (nSPS) is 14.6. The van der Waals surface area contributed by atoms with E-state index in [-0.39, 0.29) is 23.1 Å². The minimum atomic E-state index is -0.673. The molecule has 6 nitrogen and oxygen atoms in total. The molecule has 0 bridgehead atoms. The van der Waals surface area contributed by atoms with Crippen LogP contribution in [-0.2, 0) is 9.53 Å². The summed E-state index contributed by atoms with van der Waals surface area (Å²) < 4.78 is 16.4. The molecule has 2 heterocycles. The Labute approximate surface area is 188 Å². The highest BCUT2D eigenvalue weighted by molar-refractivity contribution is 9.10. The molecular weight excluding hydrogens is 497 g/mol. The van der Waals surface area contributed by atoms with E-state index in [9.17, 15) is 9.59 Å². The summed E-state index contributed by atoms with van der Waals surface area (Å²) in [6.45, 7) is 0. The minimum absolute atomic E-state index is 0.0180. The van der Waals surface area contributed by atoms with E-state index >= 15 is 0 Å². The van der Waals surface area contributed by atoms with Gasteiger partial charge in [0, 0.05) is 15.1 Å². The quantitative estimate of drug-likeness (QED) is 0.249. The number of halogens is 3. The molecule has 2 aromatic carbocycles. The van der Waals surface area contributed by atoms with E-state index in [1.165, 1.54) is 24.5 Å². The maximum absolute atomic E-state index is 12.3. The molecule has 1 aromatic heterocycles. The van der Waals surface area contributed by atoms with Gasteiger partial charge in [-0.3, -0.25) is 0 Å². The summed E-state index contributed by atoms with van der Waals surface area (Å²) in [5, 5.41) is 0.743. The summed E-state index contributed by atoms with van der Waals surface area (Å²) in [7, 11) is 0. The van der Waals surface area contributed by atoms with Crippen molar-refractivity contribution in [2.24, 2.45) is 4.99 Å². The molecule has 0 amide bonds. The van der Waals surface area contributed by atoms with E-state index in [2.05, 4.69) is 20.9 Å². The first-order chi connectivity index (χ1) is 14.4. The fourth-order valence-corrected chi connectivity index (χ4v) is 3.47. The van der Waals surface area contributed by atoms with Gasteiger partial charge in [0.05, 0.1) is 16.8 Å². The molecule has 1 aliphatic rings. The molecule has 0 atom stereocenters. The summed E-state index contributed by atoms with van der Waals surface area (Å²) in [5.41, 5.74) is 0.879. The van der Waals surface area contributed by atoms with Crippen molar-refractivity contribution >= 4 is 63.0 Å². The van der Waals surface area contributed by atoms with Crippen LogP contribution in [-0.4, -0.2) is 17.8 Å². The van der Waals surface area contributed by atoms with Gasteiger partial charge in [-0.2, -0.15) is 0 Å². The first-order valence-corrected chi connectivity index (χ1v) is 9.99. The Kier molecular flexibility index (Phi) is 5.76. The third-order valence-corrected chi connectivity index (χ3v) is 5.01. The summed E-state index contributed by atoms with van der Waals surface area (Å²) in [4.78, 5) is 28.8. The summed E-state index contributed by atoms with van der Waals surface area (Å²) >= 11 is 15.4. The van der Waals surface area contributed by atoms with Gasteiger partial charge in [-0.1, -0.05) is 39.1 Å². The molecule has 150 valence electrons. The van der Waals surface area contributed by atoms with Crippen LogP contribution in [0.25, 0.3) is 6.08 Å². The fraction of sp³-hybridized carbons (Fsp3) is 0. The van der Waals surface area contributed by atoms with E-state index in [0.29, 0.717) is 25.6 Å². The number of hydrogen-bond acceptors (Lipinski definition) is 6. The fourth-order valence-electron chi connectivity index (χ4n) is 2.60. The topological polar surface area (TPSA) is 78.1 Å². The number of furan rings is 1. The number of benzene rings is 2. The lowest BCUT2D eigenvalue weighted by Gasteiger charge is -2.07. The van der Waals surface area contributed by atoms with Gasteiger partial charge in [-0.05, 0) is 54.6 Å². The van der Waals surface area contributed by atoms with E-state index in [4.69, 9.17) is 37.1 Å². The molecule has 0 N–H and O–H groups in total. The van der Waals surface area contributed by atoms with Crippen molar-refractivity contribution in [3.63, 3.8) is 0 Å². The highest BCUT2D eigenvalue weighted by Gasteiger charge is 2.26. The molecule has 4 rings (SSSR count). The largest absolute Gasteiger partial charge is 0.457 e. The van der Waals surface area contributed by atoms with E-state index in [0.717, 1.165) is 0 Å². The zero-order valence-corrected chi connectivity index (χ0v) is 18.0. The summed E-state index contributed by atoms with van der Waals surface area (Å²) in [6.07, 6.45) is 2.82. The molecule has 0 saturated carbocycles. The minimum Gasteiger partial charge on any atom is -0.457 e. The second-order valence-electron chi connectivity index (χ2n) is 6.01. The van der Waals surface area contributed by atoms with Crippen LogP contribution in [0.5, 0.6) is 5.75 Å². The van der Waals surface area contributed by atoms with Crippen molar-refractivity contribution in [1.29, 1.82) is 0 Å². The van der Waals surface area contributed by atoms with Gasteiger partial charge < -0.3 is 13.9 Å². The molecule has 0 fully saturated rings. The van der Waals surface area contributed by atoms with Crippen molar-refractivity contribution in [2.45, 2.75) is 0 Å². The Morgan fingerprint density at radius 2 is 1.97 bits per heavy atom. The van der Waals surface area contributed by atoms with Crippen molar-refractivity contribution in [3.05, 3.63) is 91.9 Å². The van der Waals surface area contributed by atoms with Gasteiger partial charge in [0.1, 0.15) is 5.75 Å². The maximum atomic E-state index is 12.3. The summed E-state index contributed by atoms with van der Waals surface area (Å²) in [6, 6.07) is 12.8. The Morgan fingerprint density at radius 3 is 2.70 bits per heavy atom. The van der Waals surface area contributed by atoms with Crippen molar-refractivity contribution < 1.29 is 23.5 Å². The van der Waals surface area contributed by atoms with E-state index in [1.54, 1.807) is 36.4 Å². The molecule has 0 saturated heterocycles. The van der Waals surface area contributed by atoms with Gasteiger partial charge in [0.2, 0.25) is 11.7 Å². The molecular formula is C21H10BrCl2NO5. The van der Waals surface area contributed by atoms with Gasteiger partial charge in [-0.25, -0.2) is 14.6 Å². The zero-order valence-electron chi connectivity index (χ0n) is 14.9. The monoisotopic (exact) mass is 505 g/mol. The molecule has 0 unspecified atom stereocenters. The second kappa shape index (κ2) is 8.47. The zero-order chi connectivity index (χ0) is 21.3. The smallest absolute Gasteiger partial charge is 0.379 e. The standard InChI is InChI=1S/C21H10BrCl2NO5/c22-12-3-6-17(29-21(27)18-2-1-7-28-18)11(8-12)9-16-20(26)30-19(25-16)14-5-4-13(23)10-15(14)24/h1-10H/b16-9+. The van der Waals surface area contributed by atoms with Crippen LogP contribution in [0.4, 0.5) is 0 Å². The third kappa shape index (κ3) is 4.33. The predicted octanol–water partition coefficient (Wildman–Crippen LogP) is 5.91. The average Bonchev–Trinajstić information content (AvgIpc) is 3.35. The lowest BCUT2D eigenvalue weighted by Crippen LogP contribution is -2.08. The highest BCUT2D eigenvalue weighted by atomic mass is 79.9. The molecule has 3 aromatic rings. The van der Waals surface area contributed by atoms with Crippen LogP contribution < -0.4 is 4.74 Å². The lowest BCUT2D eigenvalue weighted by atomic mass is 10.1. The van der Waals surface area contributed by atoms with Crippen LogP contribution in [0.1, 0.15) is 21.7 Å². The maximum Gasteiger partial charge on any atom is 0.379 e. The van der Waals surface area contributed by atoms with E-state index in [1.807, 2.05) is 0 Å². The average molecular weight is 507 g/mol. The Hall–Kier alpha value is -2.87. The number of carbonyl (C=O) groups is 2. The molecule has 1 aliphatic heterocycles. The lowest BCUT2D eigenvalue weighted by molar-refractivity contribution is -0.129.